The first-order valence-electron chi connectivity index (χ1n) is 3.43. The molecule has 6 nitrogen and oxygen atoms in total. The SMILES string of the molecule is OCC(O)C(O)C(O)(CO)CO. The van der Waals surface area contributed by atoms with Crippen LogP contribution < -0.4 is 0 Å². The van der Waals surface area contributed by atoms with E-state index in [0.717, 1.165) is 0 Å². The predicted octanol–water partition coefficient (Wildman–Crippen LogP) is -3.58. The van der Waals surface area contributed by atoms with Crippen LogP contribution in [0.4, 0.5) is 0 Å². The second-order valence-corrected chi connectivity index (χ2v) is 2.61. The first-order valence-corrected chi connectivity index (χ1v) is 3.43. The van der Waals surface area contributed by atoms with E-state index in [1.165, 1.54) is 0 Å². The van der Waals surface area contributed by atoms with Crippen LogP contribution in [0, 0.1) is 0 Å². The number of hydrogen-bond donors (Lipinski definition) is 6. The highest BCUT2D eigenvalue weighted by atomic mass is 16.4. The number of hydrogen-bond acceptors (Lipinski definition) is 6. The van der Waals surface area contributed by atoms with Gasteiger partial charge in [-0.15, -0.1) is 0 Å². The van der Waals surface area contributed by atoms with Crippen molar-refractivity contribution >= 4 is 0 Å². The molecule has 74 valence electrons. The summed E-state index contributed by atoms with van der Waals surface area (Å²) in [5.74, 6) is 0. The number of aliphatic hydroxyl groups is 6. The molecule has 6 heteroatoms. The Bertz CT molecular complexity index is 123. The maximum Gasteiger partial charge on any atom is 0.139 e. The summed E-state index contributed by atoms with van der Waals surface area (Å²) in [6.07, 6.45) is -3.37. The van der Waals surface area contributed by atoms with E-state index >= 15 is 0 Å². The van der Waals surface area contributed by atoms with Crippen LogP contribution in [0.1, 0.15) is 0 Å². The first kappa shape index (κ1) is 11.8. The summed E-state index contributed by atoms with van der Waals surface area (Å²) in [4.78, 5) is 0. The van der Waals surface area contributed by atoms with Crippen molar-refractivity contribution in [2.75, 3.05) is 19.8 Å². The molecule has 0 spiro atoms. The van der Waals surface area contributed by atoms with E-state index in [1.54, 1.807) is 0 Å². The third-order valence-corrected chi connectivity index (χ3v) is 1.65. The molecule has 0 amide bonds. The molecule has 2 atom stereocenters. The van der Waals surface area contributed by atoms with Crippen LogP contribution in [0.2, 0.25) is 0 Å². The third kappa shape index (κ3) is 2.37. The summed E-state index contributed by atoms with van der Waals surface area (Å²) in [5.41, 5.74) is -2.18. The molecule has 6 N–H and O–H groups in total. The van der Waals surface area contributed by atoms with E-state index in [9.17, 15) is 5.11 Å². The van der Waals surface area contributed by atoms with E-state index in [2.05, 4.69) is 0 Å². The minimum absolute atomic E-state index is 0.760. The molecule has 0 aliphatic heterocycles. The summed E-state index contributed by atoms with van der Waals surface area (Å²) in [7, 11) is 0. The highest BCUT2D eigenvalue weighted by molar-refractivity contribution is 4.89. The lowest BCUT2D eigenvalue weighted by Crippen LogP contribution is -2.55. The Morgan fingerprint density at radius 1 is 1.00 bits per heavy atom. The Hall–Kier alpha value is -0.240. The van der Waals surface area contributed by atoms with Crippen LogP contribution in [0.25, 0.3) is 0 Å². The monoisotopic (exact) mass is 182 g/mol. The van der Waals surface area contributed by atoms with Crippen molar-refractivity contribution in [3.63, 3.8) is 0 Å². The highest BCUT2D eigenvalue weighted by Crippen LogP contribution is 2.12. The van der Waals surface area contributed by atoms with Crippen molar-refractivity contribution in [1.29, 1.82) is 0 Å². The van der Waals surface area contributed by atoms with Gasteiger partial charge in [-0.1, -0.05) is 0 Å². The molecule has 0 aromatic heterocycles. The van der Waals surface area contributed by atoms with Crippen LogP contribution in [-0.4, -0.2) is 68.3 Å². The molecule has 2 unspecified atom stereocenters. The van der Waals surface area contributed by atoms with E-state index in [0.29, 0.717) is 0 Å². The van der Waals surface area contributed by atoms with E-state index in [1.807, 2.05) is 0 Å². The summed E-state index contributed by atoms with van der Waals surface area (Å²) in [6.45, 7) is -2.56. The van der Waals surface area contributed by atoms with Gasteiger partial charge in [-0.2, -0.15) is 0 Å². The van der Waals surface area contributed by atoms with Gasteiger partial charge in [-0.3, -0.25) is 0 Å². The zero-order valence-electron chi connectivity index (χ0n) is 6.46. The molecular weight excluding hydrogens is 168 g/mol. The van der Waals surface area contributed by atoms with Gasteiger partial charge in [0.05, 0.1) is 19.8 Å². The molecule has 0 aromatic rings. The fraction of sp³-hybridized carbons (Fsp3) is 1.00. The van der Waals surface area contributed by atoms with Crippen molar-refractivity contribution < 1.29 is 30.6 Å². The van der Waals surface area contributed by atoms with Gasteiger partial charge in [0.2, 0.25) is 0 Å². The van der Waals surface area contributed by atoms with Crippen LogP contribution in [-0.2, 0) is 0 Å². The molecule has 0 aliphatic carbocycles. The van der Waals surface area contributed by atoms with Crippen LogP contribution >= 0.6 is 0 Å². The van der Waals surface area contributed by atoms with Gasteiger partial charge >= 0.3 is 0 Å². The zero-order valence-corrected chi connectivity index (χ0v) is 6.46. The normalized spacial score (nSPS) is 17.5. The van der Waals surface area contributed by atoms with Gasteiger partial charge in [0, 0.05) is 0 Å². The fourth-order valence-electron chi connectivity index (χ4n) is 0.695. The van der Waals surface area contributed by atoms with Crippen molar-refractivity contribution in [2.24, 2.45) is 0 Å². The van der Waals surface area contributed by atoms with Gasteiger partial charge in [0.15, 0.2) is 0 Å². The summed E-state index contributed by atoms with van der Waals surface area (Å²) in [6, 6.07) is 0. The zero-order chi connectivity index (χ0) is 9.78. The summed E-state index contributed by atoms with van der Waals surface area (Å²) < 4.78 is 0. The molecule has 0 rings (SSSR count). The molecule has 0 heterocycles. The Kier molecular flexibility index (Phi) is 4.61. The van der Waals surface area contributed by atoms with Crippen LogP contribution in [0.3, 0.4) is 0 Å². The minimum Gasteiger partial charge on any atom is -0.394 e. The largest absolute Gasteiger partial charge is 0.394 e. The average Bonchev–Trinajstić information content (AvgIpc) is 2.14. The fourth-order valence-corrected chi connectivity index (χ4v) is 0.695. The summed E-state index contributed by atoms with van der Waals surface area (Å²) >= 11 is 0. The van der Waals surface area contributed by atoms with Gasteiger partial charge in [0.1, 0.15) is 17.8 Å². The lowest BCUT2D eigenvalue weighted by Gasteiger charge is -2.31. The van der Waals surface area contributed by atoms with Crippen LogP contribution in [0.15, 0.2) is 0 Å². The standard InChI is InChI=1S/C6H14O6/c7-1-4(10)5(11)6(12,2-8)3-9/h4-5,7-12H,1-3H2. The Morgan fingerprint density at radius 2 is 1.42 bits per heavy atom. The first-order chi connectivity index (χ1) is 5.51. The molecule has 0 saturated carbocycles. The Morgan fingerprint density at radius 3 is 1.67 bits per heavy atom. The predicted molar refractivity (Wildman–Crippen MR) is 38.2 cm³/mol. The van der Waals surface area contributed by atoms with Gasteiger partial charge in [-0.05, 0) is 0 Å². The molecule has 0 radical (unpaired) electrons. The average molecular weight is 182 g/mol. The maximum atomic E-state index is 9.18. The smallest absolute Gasteiger partial charge is 0.139 e. The molecule has 0 saturated heterocycles. The topological polar surface area (TPSA) is 121 Å². The highest BCUT2D eigenvalue weighted by Gasteiger charge is 2.38. The van der Waals surface area contributed by atoms with Gasteiger partial charge in [0.25, 0.3) is 0 Å². The van der Waals surface area contributed by atoms with Gasteiger partial charge < -0.3 is 30.6 Å². The molecular formula is C6H14O6. The van der Waals surface area contributed by atoms with Crippen molar-refractivity contribution in [2.45, 2.75) is 17.8 Å². The van der Waals surface area contributed by atoms with Crippen molar-refractivity contribution in [1.82, 2.24) is 0 Å². The molecule has 0 fully saturated rings. The lowest BCUT2D eigenvalue weighted by atomic mass is 9.95. The lowest BCUT2D eigenvalue weighted by molar-refractivity contribution is -0.170. The molecule has 12 heavy (non-hydrogen) atoms. The quantitative estimate of drug-likeness (QED) is 0.261. The summed E-state index contributed by atoms with van der Waals surface area (Å²) in [5, 5.41) is 52.5. The molecule has 0 bridgehead atoms. The van der Waals surface area contributed by atoms with E-state index < -0.39 is 37.6 Å². The Labute approximate surface area is 69.3 Å². The minimum atomic E-state index is -2.18. The van der Waals surface area contributed by atoms with E-state index in [-0.39, 0.29) is 0 Å². The molecule has 0 aromatic carbocycles. The number of rotatable bonds is 5. The second-order valence-electron chi connectivity index (χ2n) is 2.61. The van der Waals surface area contributed by atoms with Crippen molar-refractivity contribution in [3.8, 4) is 0 Å². The Balaban J connectivity index is 4.29. The second kappa shape index (κ2) is 4.70. The van der Waals surface area contributed by atoms with Gasteiger partial charge in [-0.25, -0.2) is 0 Å². The van der Waals surface area contributed by atoms with Crippen LogP contribution in [0.5, 0.6) is 0 Å². The van der Waals surface area contributed by atoms with E-state index in [4.69, 9.17) is 25.5 Å². The third-order valence-electron chi connectivity index (χ3n) is 1.65. The number of aliphatic hydroxyl groups excluding tert-OH is 5. The molecule has 0 aliphatic rings. The van der Waals surface area contributed by atoms with Crippen molar-refractivity contribution in [3.05, 3.63) is 0 Å². The maximum absolute atomic E-state index is 9.18.